The second-order valence-corrected chi connectivity index (χ2v) is 6.90. The van der Waals surface area contributed by atoms with Crippen molar-refractivity contribution in [3.63, 3.8) is 0 Å². The van der Waals surface area contributed by atoms with Crippen LogP contribution in [0.3, 0.4) is 0 Å². The largest absolute Gasteiger partial charge is 0.381 e. The van der Waals surface area contributed by atoms with Crippen molar-refractivity contribution in [2.45, 2.75) is 31.3 Å². The predicted octanol–water partition coefficient (Wildman–Crippen LogP) is 3.66. The average molecular weight is 354 g/mol. The zero-order valence-electron chi connectivity index (χ0n) is 14.7. The van der Waals surface area contributed by atoms with E-state index in [-0.39, 0.29) is 17.9 Å². The van der Waals surface area contributed by atoms with Gasteiger partial charge in [0.05, 0.1) is 6.04 Å². The highest BCUT2D eigenvalue weighted by atomic mass is 19.1. The molecule has 26 heavy (non-hydrogen) atoms. The smallest absolute Gasteiger partial charge is 0.318 e. The molecule has 1 N–H and O–H groups in total. The van der Waals surface area contributed by atoms with Crippen LogP contribution in [0.25, 0.3) is 0 Å². The van der Waals surface area contributed by atoms with Gasteiger partial charge in [0.2, 0.25) is 0 Å². The van der Waals surface area contributed by atoms with Gasteiger partial charge in [-0.15, -0.1) is 0 Å². The third kappa shape index (κ3) is 3.31. The SMILES string of the molecule is O=C(NC1CCOCC1)N1CCc2ccccc2C1c1ccccc1F. The maximum Gasteiger partial charge on any atom is 0.318 e. The molecule has 1 fully saturated rings. The molecule has 2 heterocycles. The highest BCUT2D eigenvalue weighted by Crippen LogP contribution is 2.36. The van der Waals surface area contributed by atoms with Crippen molar-refractivity contribution >= 4 is 6.03 Å². The fraction of sp³-hybridized carbons (Fsp3) is 0.381. The van der Waals surface area contributed by atoms with Gasteiger partial charge >= 0.3 is 6.03 Å². The summed E-state index contributed by atoms with van der Waals surface area (Å²) in [6.45, 7) is 1.92. The first-order valence-electron chi connectivity index (χ1n) is 9.21. The molecule has 4 nitrogen and oxygen atoms in total. The van der Waals surface area contributed by atoms with E-state index in [1.165, 1.54) is 11.6 Å². The van der Waals surface area contributed by atoms with Crippen LogP contribution in [0.4, 0.5) is 9.18 Å². The van der Waals surface area contributed by atoms with E-state index in [1.807, 2.05) is 24.3 Å². The predicted molar refractivity (Wildman–Crippen MR) is 97.5 cm³/mol. The van der Waals surface area contributed by atoms with Gasteiger partial charge < -0.3 is 15.0 Å². The second kappa shape index (κ2) is 7.46. The van der Waals surface area contributed by atoms with Crippen molar-refractivity contribution in [2.75, 3.05) is 19.8 Å². The van der Waals surface area contributed by atoms with Gasteiger partial charge in [-0.25, -0.2) is 9.18 Å². The minimum absolute atomic E-state index is 0.120. The summed E-state index contributed by atoms with van der Waals surface area (Å²) in [5, 5.41) is 3.12. The standard InChI is InChI=1S/C21H23FN2O2/c22-19-8-4-3-7-18(19)20-17-6-2-1-5-15(17)9-12-24(20)21(25)23-16-10-13-26-14-11-16/h1-8,16,20H,9-14H2,(H,23,25). The minimum Gasteiger partial charge on any atom is -0.381 e. The van der Waals surface area contributed by atoms with E-state index in [1.54, 1.807) is 17.0 Å². The number of nitrogens with zero attached hydrogens (tertiary/aromatic N) is 1. The van der Waals surface area contributed by atoms with E-state index in [2.05, 4.69) is 11.4 Å². The Morgan fingerprint density at radius 2 is 1.73 bits per heavy atom. The number of ether oxygens (including phenoxy) is 1. The van der Waals surface area contributed by atoms with Gasteiger partial charge in [-0.3, -0.25) is 0 Å². The molecule has 0 aromatic heterocycles. The Kier molecular flexibility index (Phi) is 4.89. The van der Waals surface area contributed by atoms with E-state index >= 15 is 0 Å². The first-order valence-corrected chi connectivity index (χ1v) is 9.21. The van der Waals surface area contributed by atoms with Gasteiger partial charge in [0.1, 0.15) is 5.82 Å². The molecule has 5 heteroatoms. The van der Waals surface area contributed by atoms with Crippen LogP contribution >= 0.6 is 0 Å². The number of carbonyl (C=O) groups excluding carboxylic acids is 1. The summed E-state index contributed by atoms with van der Waals surface area (Å²) >= 11 is 0. The number of nitrogens with one attached hydrogen (secondary N) is 1. The molecular formula is C21H23FN2O2. The molecule has 0 saturated carbocycles. The Balaban J connectivity index is 1.66. The summed E-state index contributed by atoms with van der Waals surface area (Å²) < 4.78 is 20.0. The number of halogens is 1. The molecule has 0 bridgehead atoms. The lowest BCUT2D eigenvalue weighted by atomic mass is 9.88. The summed E-state index contributed by atoms with van der Waals surface area (Å²) in [6.07, 6.45) is 2.42. The molecule has 0 spiro atoms. The first kappa shape index (κ1) is 17.0. The van der Waals surface area contributed by atoms with E-state index in [0.29, 0.717) is 25.3 Å². The Bertz CT molecular complexity index is 789. The van der Waals surface area contributed by atoms with E-state index < -0.39 is 6.04 Å². The molecular weight excluding hydrogens is 331 g/mol. The van der Waals surface area contributed by atoms with Crippen LogP contribution in [0.1, 0.15) is 35.6 Å². The monoisotopic (exact) mass is 354 g/mol. The van der Waals surface area contributed by atoms with Crippen LogP contribution in [-0.2, 0) is 11.2 Å². The number of rotatable bonds is 2. The molecule has 2 aromatic carbocycles. The van der Waals surface area contributed by atoms with Crippen LogP contribution < -0.4 is 5.32 Å². The quantitative estimate of drug-likeness (QED) is 0.894. The Hall–Kier alpha value is -2.40. The van der Waals surface area contributed by atoms with Gasteiger partial charge in [0.25, 0.3) is 0 Å². The van der Waals surface area contributed by atoms with Gasteiger partial charge in [-0.1, -0.05) is 42.5 Å². The molecule has 1 saturated heterocycles. The molecule has 0 radical (unpaired) electrons. The molecule has 1 atom stereocenters. The summed E-state index contributed by atoms with van der Waals surface area (Å²) in [7, 11) is 0. The minimum atomic E-state index is -0.402. The summed E-state index contributed by atoms with van der Waals surface area (Å²) in [5.74, 6) is -0.280. The molecule has 2 aliphatic heterocycles. The van der Waals surface area contributed by atoms with E-state index in [4.69, 9.17) is 4.74 Å². The van der Waals surface area contributed by atoms with Crippen LogP contribution in [0.2, 0.25) is 0 Å². The molecule has 2 aliphatic rings. The number of amides is 2. The molecule has 136 valence electrons. The highest BCUT2D eigenvalue weighted by Gasteiger charge is 2.34. The van der Waals surface area contributed by atoms with Crippen molar-refractivity contribution in [3.8, 4) is 0 Å². The fourth-order valence-corrected chi connectivity index (χ4v) is 3.92. The first-order chi connectivity index (χ1) is 12.7. The number of benzene rings is 2. The number of carbonyl (C=O) groups is 1. The Morgan fingerprint density at radius 3 is 2.50 bits per heavy atom. The molecule has 4 rings (SSSR count). The number of hydrogen-bond donors (Lipinski definition) is 1. The Morgan fingerprint density at radius 1 is 1.04 bits per heavy atom. The summed E-state index contributed by atoms with van der Waals surface area (Å²) in [4.78, 5) is 14.8. The maximum absolute atomic E-state index is 14.6. The Labute approximate surface area is 153 Å². The summed E-state index contributed by atoms with van der Waals surface area (Å²) in [5.41, 5.74) is 2.73. The number of hydrogen-bond acceptors (Lipinski definition) is 2. The molecule has 2 amide bonds. The molecule has 1 unspecified atom stereocenters. The number of fused-ring (bicyclic) bond motifs is 1. The zero-order valence-corrected chi connectivity index (χ0v) is 14.7. The summed E-state index contributed by atoms with van der Waals surface area (Å²) in [6, 6.07) is 14.3. The lowest BCUT2D eigenvalue weighted by Gasteiger charge is -2.39. The van der Waals surface area contributed by atoms with E-state index in [9.17, 15) is 9.18 Å². The zero-order chi connectivity index (χ0) is 17.9. The van der Waals surface area contributed by atoms with Crippen molar-refractivity contribution in [1.29, 1.82) is 0 Å². The third-order valence-corrected chi connectivity index (χ3v) is 5.29. The third-order valence-electron chi connectivity index (χ3n) is 5.29. The van der Waals surface area contributed by atoms with Gasteiger partial charge in [0.15, 0.2) is 0 Å². The van der Waals surface area contributed by atoms with Gasteiger partial charge in [-0.2, -0.15) is 0 Å². The topological polar surface area (TPSA) is 41.6 Å². The van der Waals surface area contributed by atoms with Crippen LogP contribution in [0, 0.1) is 5.82 Å². The van der Waals surface area contributed by atoms with Crippen molar-refractivity contribution in [1.82, 2.24) is 10.2 Å². The van der Waals surface area contributed by atoms with Crippen LogP contribution in [-0.4, -0.2) is 36.7 Å². The normalized spacial score (nSPS) is 20.5. The van der Waals surface area contributed by atoms with Crippen molar-refractivity contribution in [2.24, 2.45) is 0 Å². The lowest BCUT2D eigenvalue weighted by molar-refractivity contribution is 0.0772. The van der Waals surface area contributed by atoms with Gasteiger partial charge in [-0.05, 0) is 36.5 Å². The van der Waals surface area contributed by atoms with Crippen molar-refractivity contribution < 1.29 is 13.9 Å². The fourth-order valence-electron chi connectivity index (χ4n) is 3.92. The highest BCUT2D eigenvalue weighted by molar-refractivity contribution is 5.76. The van der Waals surface area contributed by atoms with Crippen LogP contribution in [0.15, 0.2) is 48.5 Å². The van der Waals surface area contributed by atoms with Crippen LogP contribution in [0.5, 0.6) is 0 Å². The average Bonchev–Trinajstić information content (AvgIpc) is 2.68. The second-order valence-electron chi connectivity index (χ2n) is 6.90. The maximum atomic E-state index is 14.6. The van der Waals surface area contributed by atoms with Crippen molar-refractivity contribution in [3.05, 3.63) is 71.0 Å². The van der Waals surface area contributed by atoms with Gasteiger partial charge in [0, 0.05) is 31.4 Å². The molecule has 0 aliphatic carbocycles. The van der Waals surface area contributed by atoms with E-state index in [0.717, 1.165) is 24.8 Å². The molecule has 2 aromatic rings. The lowest BCUT2D eigenvalue weighted by Crippen LogP contribution is -2.50. The number of urea groups is 1.